The molecule has 1 aliphatic rings. The van der Waals surface area contributed by atoms with E-state index in [1.807, 2.05) is 73.7 Å². The third-order valence-corrected chi connectivity index (χ3v) is 5.46. The molecule has 1 aliphatic carbocycles. The number of rotatable bonds is 11. The second-order valence-corrected chi connectivity index (χ2v) is 8.18. The summed E-state index contributed by atoms with van der Waals surface area (Å²) >= 11 is 0. The van der Waals surface area contributed by atoms with Crippen molar-refractivity contribution in [2.75, 3.05) is 35.7 Å². The van der Waals surface area contributed by atoms with E-state index in [-0.39, 0.29) is 24.3 Å². The highest BCUT2D eigenvalue weighted by molar-refractivity contribution is 5.96. The Morgan fingerprint density at radius 1 is 0.824 bits per heavy atom. The van der Waals surface area contributed by atoms with Gasteiger partial charge >= 0.3 is 0 Å². The van der Waals surface area contributed by atoms with Gasteiger partial charge in [0.1, 0.15) is 24.7 Å². The minimum absolute atomic E-state index is 0.0618. The maximum atomic E-state index is 12.5. The van der Waals surface area contributed by atoms with Crippen molar-refractivity contribution in [3.8, 4) is 11.5 Å². The zero-order valence-corrected chi connectivity index (χ0v) is 19.2. The second-order valence-electron chi connectivity index (χ2n) is 8.18. The van der Waals surface area contributed by atoms with Crippen molar-refractivity contribution in [3.63, 3.8) is 0 Å². The van der Waals surface area contributed by atoms with Gasteiger partial charge in [-0.1, -0.05) is 30.3 Å². The molecular weight excluding hydrogens is 430 g/mol. The lowest BCUT2D eigenvalue weighted by Crippen LogP contribution is -2.22. The highest BCUT2D eigenvalue weighted by Crippen LogP contribution is 2.31. The van der Waals surface area contributed by atoms with Crippen LogP contribution in [-0.2, 0) is 9.59 Å². The molecule has 3 aromatic carbocycles. The lowest BCUT2D eigenvalue weighted by Gasteiger charge is -2.14. The molecule has 0 unspecified atom stereocenters. The van der Waals surface area contributed by atoms with Gasteiger partial charge in [-0.05, 0) is 61.7 Å². The van der Waals surface area contributed by atoms with Crippen molar-refractivity contribution in [2.24, 2.45) is 5.92 Å². The maximum absolute atomic E-state index is 12.5. The van der Waals surface area contributed by atoms with Crippen LogP contribution in [0.5, 0.6) is 11.5 Å². The predicted molar refractivity (Wildman–Crippen MR) is 134 cm³/mol. The van der Waals surface area contributed by atoms with Crippen molar-refractivity contribution in [3.05, 3.63) is 78.4 Å². The Labute approximate surface area is 199 Å². The van der Waals surface area contributed by atoms with Gasteiger partial charge < -0.3 is 25.4 Å². The molecule has 2 amide bonds. The molecule has 0 radical (unpaired) electrons. The lowest BCUT2D eigenvalue weighted by molar-refractivity contribution is -0.117. The molecule has 0 atom stereocenters. The number of nitrogens with one attached hydrogen (secondary N) is 3. The number of hydrogen-bond acceptors (Lipinski definition) is 5. The second kappa shape index (κ2) is 11.2. The van der Waals surface area contributed by atoms with Gasteiger partial charge in [0.05, 0.1) is 6.54 Å². The minimum atomic E-state index is -0.184. The first kappa shape index (κ1) is 23.2. The number of benzene rings is 3. The van der Waals surface area contributed by atoms with Gasteiger partial charge in [0, 0.05) is 29.0 Å². The van der Waals surface area contributed by atoms with E-state index in [0.717, 1.165) is 35.5 Å². The zero-order chi connectivity index (χ0) is 23.8. The number of carbonyl (C=O) groups is 2. The smallest absolute Gasteiger partial charge is 0.243 e. The Kier molecular flexibility index (Phi) is 7.65. The lowest BCUT2D eigenvalue weighted by atomic mass is 10.1. The third kappa shape index (κ3) is 6.75. The van der Waals surface area contributed by atoms with Crippen LogP contribution >= 0.6 is 0 Å². The molecule has 1 saturated carbocycles. The normalized spacial score (nSPS) is 12.5. The van der Waals surface area contributed by atoms with Crippen LogP contribution in [0.15, 0.2) is 72.8 Å². The van der Waals surface area contributed by atoms with Crippen molar-refractivity contribution < 1.29 is 19.1 Å². The van der Waals surface area contributed by atoms with Crippen LogP contribution < -0.4 is 25.4 Å². The van der Waals surface area contributed by atoms with Crippen LogP contribution in [0.1, 0.15) is 18.4 Å². The Hall–Kier alpha value is -4.00. The van der Waals surface area contributed by atoms with Gasteiger partial charge in [0.25, 0.3) is 0 Å². The van der Waals surface area contributed by atoms with Crippen LogP contribution in [0.3, 0.4) is 0 Å². The van der Waals surface area contributed by atoms with E-state index in [9.17, 15) is 9.59 Å². The zero-order valence-electron chi connectivity index (χ0n) is 19.2. The molecule has 0 saturated heterocycles. The SMILES string of the molecule is Cc1c(NCC(=O)Nc2cccc(OCCOc3ccccc3)c2)cccc1NC(=O)C1CC1. The van der Waals surface area contributed by atoms with Crippen LogP contribution in [0.2, 0.25) is 0 Å². The summed E-state index contributed by atoms with van der Waals surface area (Å²) < 4.78 is 11.4. The number of carbonyl (C=O) groups excluding carboxylic acids is 2. The fourth-order valence-electron chi connectivity index (χ4n) is 3.42. The Morgan fingerprint density at radius 2 is 1.50 bits per heavy atom. The first-order valence-electron chi connectivity index (χ1n) is 11.4. The van der Waals surface area contributed by atoms with E-state index >= 15 is 0 Å². The predicted octanol–water partition coefficient (Wildman–Crippen LogP) is 4.85. The van der Waals surface area contributed by atoms with Gasteiger partial charge in [-0.25, -0.2) is 0 Å². The summed E-state index contributed by atoms with van der Waals surface area (Å²) in [7, 11) is 0. The highest BCUT2D eigenvalue weighted by Gasteiger charge is 2.29. The van der Waals surface area contributed by atoms with E-state index in [4.69, 9.17) is 9.47 Å². The van der Waals surface area contributed by atoms with Crippen LogP contribution in [0.25, 0.3) is 0 Å². The number of ether oxygens (including phenoxy) is 2. The molecule has 3 aromatic rings. The van der Waals surface area contributed by atoms with Crippen molar-refractivity contribution in [1.82, 2.24) is 0 Å². The summed E-state index contributed by atoms with van der Waals surface area (Å²) in [5, 5.41) is 9.00. The summed E-state index contributed by atoms with van der Waals surface area (Å²) in [4.78, 5) is 24.6. The molecular formula is C27H29N3O4. The molecule has 1 fully saturated rings. The molecule has 0 spiro atoms. The van der Waals surface area contributed by atoms with Gasteiger partial charge in [-0.3, -0.25) is 9.59 Å². The molecule has 4 rings (SSSR count). The van der Waals surface area contributed by atoms with E-state index in [0.29, 0.717) is 24.7 Å². The topological polar surface area (TPSA) is 88.7 Å². The standard InChI is InChI=1S/C27H29N3O4/c1-19-24(11-6-12-25(19)30-27(32)20-13-14-20)28-18-26(31)29-21-7-5-10-23(17-21)34-16-15-33-22-8-3-2-4-9-22/h2-12,17,20,28H,13-16,18H2,1H3,(H,29,31)(H,30,32). The summed E-state index contributed by atoms with van der Waals surface area (Å²) in [5.41, 5.74) is 3.12. The number of para-hydroxylation sites is 1. The van der Waals surface area contributed by atoms with Crippen LogP contribution in [0.4, 0.5) is 17.1 Å². The minimum Gasteiger partial charge on any atom is -0.490 e. The summed E-state index contributed by atoms with van der Waals surface area (Å²) in [6, 6.07) is 22.4. The Bertz CT molecular complexity index is 1130. The van der Waals surface area contributed by atoms with Crippen molar-refractivity contribution in [1.29, 1.82) is 0 Å². The first-order valence-corrected chi connectivity index (χ1v) is 11.4. The average molecular weight is 460 g/mol. The third-order valence-electron chi connectivity index (χ3n) is 5.46. The fraction of sp³-hybridized carbons (Fsp3) is 0.259. The summed E-state index contributed by atoms with van der Waals surface area (Å²) in [5.74, 6) is 1.46. The highest BCUT2D eigenvalue weighted by atomic mass is 16.5. The number of hydrogen-bond donors (Lipinski definition) is 3. The van der Waals surface area contributed by atoms with E-state index in [1.54, 1.807) is 6.07 Å². The largest absolute Gasteiger partial charge is 0.490 e. The monoisotopic (exact) mass is 459 g/mol. The first-order chi connectivity index (χ1) is 16.6. The van der Waals surface area contributed by atoms with Gasteiger partial charge in [0.15, 0.2) is 0 Å². The molecule has 0 heterocycles. The molecule has 0 aromatic heterocycles. The van der Waals surface area contributed by atoms with Crippen LogP contribution in [-0.4, -0.2) is 31.6 Å². The summed E-state index contributed by atoms with van der Waals surface area (Å²) in [6.45, 7) is 2.83. The van der Waals surface area contributed by atoms with Crippen molar-refractivity contribution in [2.45, 2.75) is 19.8 Å². The molecule has 0 bridgehead atoms. The van der Waals surface area contributed by atoms with Crippen molar-refractivity contribution >= 4 is 28.9 Å². The van der Waals surface area contributed by atoms with E-state index in [2.05, 4.69) is 16.0 Å². The van der Waals surface area contributed by atoms with Gasteiger partial charge in [-0.2, -0.15) is 0 Å². The molecule has 176 valence electrons. The van der Waals surface area contributed by atoms with Crippen LogP contribution in [0, 0.1) is 12.8 Å². The number of anilines is 3. The quantitative estimate of drug-likeness (QED) is 0.357. The average Bonchev–Trinajstić information content (AvgIpc) is 3.69. The molecule has 7 nitrogen and oxygen atoms in total. The summed E-state index contributed by atoms with van der Waals surface area (Å²) in [6.07, 6.45) is 1.91. The Morgan fingerprint density at radius 3 is 2.26 bits per heavy atom. The van der Waals surface area contributed by atoms with E-state index in [1.165, 1.54) is 0 Å². The fourth-order valence-corrected chi connectivity index (χ4v) is 3.42. The molecule has 34 heavy (non-hydrogen) atoms. The number of amides is 2. The van der Waals surface area contributed by atoms with Gasteiger partial charge in [0.2, 0.25) is 11.8 Å². The molecule has 7 heteroatoms. The molecule has 0 aliphatic heterocycles. The van der Waals surface area contributed by atoms with Gasteiger partial charge in [-0.15, -0.1) is 0 Å². The Balaban J connectivity index is 1.23. The maximum Gasteiger partial charge on any atom is 0.243 e. The van der Waals surface area contributed by atoms with E-state index < -0.39 is 0 Å². The molecule has 3 N–H and O–H groups in total.